The Balaban J connectivity index is 2.17. The van der Waals surface area contributed by atoms with E-state index in [4.69, 9.17) is 4.74 Å². The lowest BCUT2D eigenvalue weighted by Gasteiger charge is -2.09. The monoisotopic (exact) mass is 246 g/mol. The molecular formula is C14H15FN2O. The second kappa shape index (κ2) is 4.12. The highest BCUT2D eigenvalue weighted by atomic mass is 19.1. The summed E-state index contributed by atoms with van der Waals surface area (Å²) in [6.45, 7) is 1.98. The molecule has 0 bridgehead atoms. The van der Waals surface area contributed by atoms with E-state index in [1.807, 2.05) is 6.92 Å². The molecule has 0 atom stereocenters. The van der Waals surface area contributed by atoms with Gasteiger partial charge in [-0.15, -0.1) is 0 Å². The number of aromatic nitrogens is 2. The molecule has 0 radical (unpaired) electrons. The number of ether oxygens (including phenoxy) is 1. The first-order valence-corrected chi connectivity index (χ1v) is 6.09. The molecule has 0 aliphatic heterocycles. The van der Waals surface area contributed by atoms with Crippen molar-refractivity contribution in [2.24, 2.45) is 0 Å². The summed E-state index contributed by atoms with van der Waals surface area (Å²) < 4.78 is 18.5. The van der Waals surface area contributed by atoms with Crippen LogP contribution in [0, 0.1) is 12.7 Å². The number of hydrogen-bond acceptors (Lipinski definition) is 2. The molecule has 4 heteroatoms. The van der Waals surface area contributed by atoms with E-state index in [0.29, 0.717) is 11.7 Å². The summed E-state index contributed by atoms with van der Waals surface area (Å²) in [6, 6.07) is 4.64. The average molecular weight is 246 g/mol. The van der Waals surface area contributed by atoms with Gasteiger partial charge >= 0.3 is 0 Å². The maximum atomic E-state index is 13.2. The fourth-order valence-electron chi connectivity index (χ4n) is 2.31. The standard InChI is InChI=1S/C14H15FN2O/c1-8-13(14(17-16-8)9-3-4-9)11-6-5-10(15)7-12(11)18-2/h5-7,9H,3-4H2,1-2H3,(H,16,17). The van der Waals surface area contributed by atoms with E-state index in [1.54, 1.807) is 13.2 Å². The smallest absolute Gasteiger partial charge is 0.129 e. The molecule has 1 aliphatic rings. The van der Waals surface area contributed by atoms with Gasteiger partial charge in [-0.2, -0.15) is 5.10 Å². The van der Waals surface area contributed by atoms with Crippen LogP contribution < -0.4 is 4.74 Å². The first kappa shape index (κ1) is 11.3. The van der Waals surface area contributed by atoms with Gasteiger partial charge in [-0.25, -0.2) is 4.39 Å². The van der Waals surface area contributed by atoms with E-state index >= 15 is 0 Å². The third kappa shape index (κ3) is 1.78. The number of H-pyrrole nitrogens is 1. The summed E-state index contributed by atoms with van der Waals surface area (Å²) >= 11 is 0. The van der Waals surface area contributed by atoms with Gasteiger partial charge < -0.3 is 4.74 Å². The van der Waals surface area contributed by atoms with Crippen molar-refractivity contribution in [2.75, 3.05) is 7.11 Å². The van der Waals surface area contributed by atoms with E-state index in [1.165, 1.54) is 25.0 Å². The predicted octanol–water partition coefficient (Wildman–Crippen LogP) is 3.41. The number of methoxy groups -OCH3 is 1. The molecule has 0 amide bonds. The maximum absolute atomic E-state index is 13.2. The van der Waals surface area contributed by atoms with Crippen LogP contribution in [-0.2, 0) is 0 Å². The number of rotatable bonds is 3. The molecule has 1 fully saturated rings. The van der Waals surface area contributed by atoms with Crippen LogP contribution >= 0.6 is 0 Å². The van der Waals surface area contributed by atoms with Gasteiger partial charge in [0.25, 0.3) is 0 Å². The minimum atomic E-state index is -0.287. The molecule has 0 saturated heterocycles. The van der Waals surface area contributed by atoms with Gasteiger partial charge in [0.1, 0.15) is 11.6 Å². The Hall–Kier alpha value is -1.84. The molecule has 3 nitrogen and oxygen atoms in total. The summed E-state index contributed by atoms with van der Waals surface area (Å²) in [7, 11) is 1.56. The molecule has 3 rings (SSSR count). The summed E-state index contributed by atoms with van der Waals surface area (Å²) in [5.74, 6) is 0.811. The zero-order valence-corrected chi connectivity index (χ0v) is 10.5. The van der Waals surface area contributed by atoms with Crippen molar-refractivity contribution >= 4 is 0 Å². The molecule has 1 aliphatic carbocycles. The van der Waals surface area contributed by atoms with E-state index in [2.05, 4.69) is 10.2 Å². The lowest BCUT2D eigenvalue weighted by Crippen LogP contribution is -1.92. The zero-order chi connectivity index (χ0) is 12.7. The number of halogens is 1. The summed E-state index contributed by atoms with van der Waals surface area (Å²) in [4.78, 5) is 0. The van der Waals surface area contributed by atoms with Crippen LogP contribution in [0.15, 0.2) is 18.2 Å². The van der Waals surface area contributed by atoms with Gasteiger partial charge in [0.15, 0.2) is 0 Å². The molecule has 1 heterocycles. The highest BCUT2D eigenvalue weighted by Gasteiger charge is 2.30. The van der Waals surface area contributed by atoms with Crippen LogP contribution in [0.2, 0.25) is 0 Å². The lowest BCUT2D eigenvalue weighted by atomic mass is 10.0. The molecule has 0 unspecified atom stereocenters. The van der Waals surface area contributed by atoms with Crippen LogP contribution in [0.25, 0.3) is 11.1 Å². The molecule has 2 aromatic rings. The Labute approximate surface area is 105 Å². The fourth-order valence-corrected chi connectivity index (χ4v) is 2.31. The summed E-state index contributed by atoms with van der Waals surface area (Å²) in [5.41, 5.74) is 4.06. The molecular weight excluding hydrogens is 231 g/mol. The largest absolute Gasteiger partial charge is 0.496 e. The van der Waals surface area contributed by atoms with E-state index in [0.717, 1.165) is 22.5 Å². The van der Waals surface area contributed by atoms with Gasteiger partial charge in [-0.05, 0) is 31.9 Å². The molecule has 1 saturated carbocycles. The van der Waals surface area contributed by atoms with Gasteiger partial charge in [-0.3, -0.25) is 5.10 Å². The van der Waals surface area contributed by atoms with Crippen LogP contribution in [0.4, 0.5) is 4.39 Å². The maximum Gasteiger partial charge on any atom is 0.129 e. The predicted molar refractivity (Wildman–Crippen MR) is 67.2 cm³/mol. The van der Waals surface area contributed by atoms with Crippen molar-refractivity contribution in [2.45, 2.75) is 25.7 Å². The van der Waals surface area contributed by atoms with Gasteiger partial charge in [0.05, 0.1) is 12.8 Å². The quantitative estimate of drug-likeness (QED) is 0.901. The van der Waals surface area contributed by atoms with Crippen LogP contribution in [0.1, 0.15) is 30.1 Å². The minimum absolute atomic E-state index is 0.287. The van der Waals surface area contributed by atoms with Crippen molar-refractivity contribution in [1.29, 1.82) is 0 Å². The van der Waals surface area contributed by atoms with Crippen molar-refractivity contribution < 1.29 is 9.13 Å². The average Bonchev–Trinajstić information content (AvgIpc) is 3.14. The topological polar surface area (TPSA) is 37.9 Å². The van der Waals surface area contributed by atoms with Gasteiger partial charge in [0.2, 0.25) is 0 Å². The number of nitrogens with zero attached hydrogens (tertiary/aromatic N) is 1. The minimum Gasteiger partial charge on any atom is -0.496 e. The third-order valence-electron chi connectivity index (χ3n) is 3.37. The Morgan fingerprint density at radius 2 is 2.17 bits per heavy atom. The number of aromatic amines is 1. The Morgan fingerprint density at radius 3 is 2.83 bits per heavy atom. The van der Waals surface area contributed by atoms with Crippen LogP contribution in [-0.4, -0.2) is 17.3 Å². The Morgan fingerprint density at radius 1 is 1.39 bits per heavy atom. The highest BCUT2D eigenvalue weighted by Crippen LogP contribution is 2.46. The summed E-state index contributed by atoms with van der Waals surface area (Å²) in [6.07, 6.45) is 2.36. The second-order valence-corrected chi connectivity index (χ2v) is 4.73. The molecule has 1 aromatic heterocycles. The van der Waals surface area contributed by atoms with E-state index < -0.39 is 0 Å². The van der Waals surface area contributed by atoms with E-state index in [9.17, 15) is 4.39 Å². The fraction of sp³-hybridized carbons (Fsp3) is 0.357. The van der Waals surface area contributed by atoms with Gasteiger partial charge in [0, 0.05) is 28.8 Å². The van der Waals surface area contributed by atoms with Crippen LogP contribution in [0.3, 0.4) is 0 Å². The molecule has 1 aromatic carbocycles. The molecule has 18 heavy (non-hydrogen) atoms. The second-order valence-electron chi connectivity index (χ2n) is 4.73. The first-order chi connectivity index (χ1) is 8.70. The Bertz CT molecular complexity index is 587. The molecule has 94 valence electrons. The SMILES string of the molecule is COc1cc(F)ccc1-c1c(C2CC2)n[nH]c1C. The molecule has 0 spiro atoms. The number of aryl methyl sites for hydroxylation is 1. The summed E-state index contributed by atoms with van der Waals surface area (Å²) in [5, 5.41) is 7.40. The number of hydrogen-bond donors (Lipinski definition) is 1. The van der Waals surface area contributed by atoms with E-state index in [-0.39, 0.29) is 5.82 Å². The first-order valence-electron chi connectivity index (χ1n) is 6.09. The van der Waals surface area contributed by atoms with Crippen molar-refractivity contribution in [1.82, 2.24) is 10.2 Å². The lowest BCUT2D eigenvalue weighted by molar-refractivity contribution is 0.413. The molecule has 1 N–H and O–H groups in total. The van der Waals surface area contributed by atoms with Crippen molar-refractivity contribution in [3.8, 4) is 16.9 Å². The van der Waals surface area contributed by atoms with Crippen molar-refractivity contribution in [3.05, 3.63) is 35.4 Å². The number of nitrogens with one attached hydrogen (secondary N) is 1. The number of benzene rings is 1. The Kier molecular flexibility index (Phi) is 2.58. The third-order valence-corrected chi connectivity index (χ3v) is 3.37. The normalized spacial score (nSPS) is 14.8. The highest BCUT2D eigenvalue weighted by molar-refractivity contribution is 5.75. The van der Waals surface area contributed by atoms with Gasteiger partial charge in [-0.1, -0.05) is 0 Å². The van der Waals surface area contributed by atoms with Crippen molar-refractivity contribution in [3.63, 3.8) is 0 Å². The zero-order valence-electron chi connectivity index (χ0n) is 10.5. The van der Waals surface area contributed by atoms with Crippen LogP contribution in [0.5, 0.6) is 5.75 Å².